The second-order valence-electron chi connectivity index (χ2n) is 5.83. The summed E-state index contributed by atoms with van der Waals surface area (Å²) in [7, 11) is -3.47. The molecule has 1 saturated carbocycles. The van der Waals surface area contributed by atoms with Crippen molar-refractivity contribution in [3.63, 3.8) is 0 Å². The highest BCUT2D eigenvalue weighted by atomic mass is 32.2. The van der Waals surface area contributed by atoms with Gasteiger partial charge in [-0.1, -0.05) is 42.0 Å². The monoisotopic (exact) mass is 305 g/mol. The smallest absolute Gasteiger partial charge is 0.207 e. The lowest BCUT2D eigenvalue weighted by Gasteiger charge is -2.21. The largest absolute Gasteiger partial charge is 0.243 e. The molecular formula is C17H23NO2S. The molecule has 2 rings (SSSR count). The molecule has 0 aromatic heterocycles. The van der Waals surface area contributed by atoms with Crippen LogP contribution < -0.4 is 0 Å². The topological polar surface area (TPSA) is 37.4 Å². The summed E-state index contributed by atoms with van der Waals surface area (Å²) < 4.78 is 26.9. The van der Waals surface area contributed by atoms with Crippen molar-refractivity contribution in [3.05, 3.63) is 54.1 Å². The number of rotatable bonds is 7. The van der Waals surface area contributed by atoms with Gasteiger partial charge in [0.15, 0.2) is 0 Å². The average Bonchev–Trinajstić information content (AvgIpc) is 3.22. The summed E-state index contributed by atoms with van der Waals surface area (Å²) in [6.45, 7) is 8.39. The molecule has 1 fully saturated rings. The zero-order valence-electron chi connectivity index (χ0n) is 12.7. The molecule has 114 valence electrons. The van der Waals surface area contributed by atoms with E-state index in [4.69, 9.17) is 0 Å². The molecule has 0 radical (unpaired) electrons. The van der Waals surface area contributed by atoms with E-state index in [1.54, 1.807) is 12.1 Å². The molecule has 0 atom stereocenters. The van der Waals surface area contributed by atoms with Gasteiger partial charge in [-0.05, 0) is 44.7 Å². The molecule has 4 heteroatoms. The van der Waals surface area contributed by atoms with Crippen molar-refractivity contribution >= 4 is 10.0 Å². The number of nitrogens with zero attached hydrogens (tertiary/aromatic N) is 1. The molecule has 1 aliphatic carbocycles. The maximum absolute atomic E-state index is 12.7. The van der Waals surface area contributed by atoms with Crippen LogP contribution in [0.25, 0.3) is 0 Å². The lowest BCUT2D eigenvalue weighted by atomic mass is 10.2. The number of allylic oxidation sites excluding steroid dienone is 1. The molecule has 0 bridgehead atoms. The molecule has 1 aromatic carbocycles. The molecule has 0 saturated heterocycles. The zero-order chi connectivity index (χ0) is 15.5. The van der Waals surface area contributed by atoms with E-state index in [0.717, 1.165) is 11.1 Å². The zero-order valence-corrected chi connectivity index (χ0v) is 13.6. The van der Waals surface area contributed by atoms with Crippen molar-refractivity contribution in [2.24, 2.45) is 5.92 Å². The van der Waals surface area contributed by atoms with Gasteiger partial charge < -0.3 is 0 Å². The van der Waals surface area contributed by atoms with E-state index in [1.165, 1.54) is 17.1 Å². The quantitative estimate of drug-likeness (QED) is 0.723. The summed E-state index contributed by atoms with van der Waals surface area (Å²) in [5.74, 6) is 0.652. The van der Waals surface area contributed by atoms with Crippen LogP contribution in [0.2, 0.25) is 0 Å². The Kier molecular flexibility index (Phi) is 5.01. The second kappa shape index (κ2) is 6.58. The lowest BCUT2D eigenvalue weighted by molar-refractivity contribution is 0.466. The van der Waals surface area contributed by atoms with Crippen LogP contribution in [0.5, 0.6) is 0 Å². The van der Waals surface area contributed by atoms with Gasteiger partial charge in [-0.25, -0.2) is 8.42 Å². The maximum atomic E-state index is 12.7. The molecular weight excluding hydrogens is 282 g/mol. The Balaban J connectivity index is 2.19. The second-order valence-corrected chi connectivity index (χ2v) is 7.77. The lowest BCUT2D eigenvalue weighted by Crippen LogP contribution is -2.32. The molecule has 0 heterocycles. The molecule has 0 N–H and O–H groups in total. The number of benzene rings is 1. The fourth-order valence-electron chi connectivity index (χ4n) is 2.07. The van der Waals surface area contributed by atoms with Gasteiger partial charge in [0.25, 0.3) is 0 Å². The van der Waals surface area contributed by atoms with Gasteiger partial charge in [0.1, 0.15) is 0 Å². The Hall–Kier alpha value is -1.39. The molecule has 3 nitrogen and oxygen atoms in total. The Bertz CT molecular complexity index is 625. The average molecular weight is 305 g/mol. The van der Waals surface area contributed by atoms with Crippen molar-refractivity contribution in [1.82, 2.24) is 4.31 Å². The summed E-state index contributed by atoms with van der Waals surface area (Å²) in [6.07, 6.45) is 6.53. The third kappa shape index (κ3) is 4.55. The minimum atomic E-state index is -3.47. The summed E-state index contributed by atoms with van der Waals surface area (Å²) in [4.78, 5) is 0.342. The predicted octanol–water partition coefficient (Wildman–Crippen LogP) is 3.53. The molecule has 0 amide bonds. The highest BCUT2D eigenvalue weighted by Crippen LogP contribution is 2.30. The van der Waals surface area contributed by atoms with Crippen molar-refractivity contribution in [1.29, 1.82) is 0 Å². The Morgan fingerprint density at radius 3 is 2.48 bits per heavy atom. The Labute approximate surface area is 128 Å². The highest BCUT2D eigenvalue weighted by molar-refractivity contribution is 7.89. The first-order valence-corrected chi connectivity index (χ1v) is 8.71. The Morgan fingerprint density at radius 2 is 1.95 bits per heavy atom. The summed E-state index contributed by atoms with van der Waals surface area (Å²) in [5.41, 5.74) is 1.89. The van der Waals surface area contributed by atoms with Crippen molar-refractivity contribution in [3.8, 4) is 0 Å². The van der Waals surface area contributed by atoms with Crippen LogP contribution in [0.4, 0.5) is 0 Å². The molecule has 1 aliphatic rings. The van der Waals surface area contributed by atoms with Crippen LogP contribution in [0, 0.1) is 12.8 Å². The van der Waals surface area contributed by atoms with Crippen LogP contribution in [0.3, 0.4) is 0 Å². The van der Waals surface area contributed by atoms with Gasteiger partial charge in [0, 0.05) is 13.1 Å². The van der Waals surface area contributed by atoms with E-state index in [0.29, 0.717) is 23.9 Å². The molecule has 0 aliphatic heterocycles. The minimum Gasteiger partial charge on any atom is -0.207 e. The third-order valence-electron chi connectivity index (χ3n) is 3.44. The number of aryl methyl sites for hydroxylation is 1. The van der Waals surface area contributed by atoms with E-state index in [1.807, 2.05) is 32.1 Å². The van der Waals surface area contributed by atoms with Crippen molar-refractivity contribution in [2.45, 2.75) is 31.6 Å². The normalized spacial score (nSPS) is 15.8. The number of hydrogen-bond acceptors (Lipinski definition) is 2. The third-order valence-corrected chi connectivity index (χ3v) is 5.27. The van der Waals surface area contributed by atoms with Gasteiger partial charge in [0.2, 0.25) is 10.0 Å². The molecule has 1 aromatic rings. The minimum absolute atomic E-state index is 0.342. The predicted molar refractivity (Wildman–Crippen MR) is 86.6 cm³/mol. The Morgan fingerprint density at radius 1 is 1.33 bits per heavy atom. The van der Waals surface area contributed by atoms with Gasteiger partial charge in [0.05, 0.1) is 4.90 Å². The van der Waals surface area contributed by atoms with Gasteiger partial charge >= 0.3 is 0 Å². The van der Waals surface area contributed by atoms with E-state index < -0.39 is 10.0 Å². The highest BCUT2D eigenvalue weighted by Gasteiger charge is 2.24. The molecule has 21 heavy (non-hydrogen) atoms. The van der Waals surface area contributed by atoms with E-state index in [-0.39, 0.29) is 0 Å². The van der Waals surface area contributed by atoms with Crippen LogP contribution >= 0.6 is 0 Å². The first kappa shape index (κ1) is 16.0. The van der Waals surface area contributed by atoms with Gasteiger partial charge in [-0.2, -0.15) is 4.31 Å². The maximum Gasteiger partial charge on any atom is 0.243 e. The van der Waals surface area contributed by atoms with Crippen LogP contribution in [-0.2, 0) is 10.0 Å². The molecule has 0 unspecified atom stereocenters. The fraction of sp³-hybridized carbons (Fsp3) is 0.412. The van der Waals surface area contributed by atoms with Crippen molar-refractivity contribution < 1.29 is 8.42 Å². The summed E-state index contributed by atoms with van der Waals surface area (Å²) in [6, 6.07) is 6.99. The van der Waals surface area contributed by atoms with E-state index >= 15 is 0 Å². The van der Waals surface area contributed by atoms with Crippen LogP contribution in [0.1, 0.15) is 25.3 Å². The number of hydrogen-bond donors (Lipinski definition) is 0. The van der Waals surface area contributed by atoms with Crippen molar-refractivity contribution in [2.75, 3.05) is 13.1 Å². The standard InChI is InChI=1S/C17H23NO2S/c1-14(2)13-18(12-4-5-16-8-9-16)21(19,20)17-10-6-15(3)7-11-17/h4-7,10-11,16H,1,8-9,12-13H2,2-3H3/b5-4+. The number of sulfonamides is 1. The van der Waals surface area contributed by atoms with E-state index in [9.17, 15) is 8.42 Å². The summed E-state index contributed by atoms with van der Waals surface area (Å²) >= 11 is 0. The SMILES string of the molecule is C=C(C)CN(C/C=C/C1CC1)S(=O)(=O)c1ccc(C)cc1. The molecule has 0 spiro atoms. The van der Waals surface area contributed by atoms with Crippen LogP contribution in [0.15, 0.2) is 53.5 Å². The first-order chi connectivity index (χ1) is 9.89. The van der Waals surface area contributed by atoms with Crippen LogP contribution in [-0.4, -0.2) is 25.8 Å². The van der Waals surface area contributed by atoms with E-state index in [2.05, 4.69) is 12.7 Å². The first-order valence-electron chi connectivity index (χ1n) is 7.27. The van der Waals surface area contributed by atoms with Gasteiger partial charge in [-0.15, -0.1) is 0 Å². The summed E-state index contributed by atoms with van der Waals surface area (Å²) in [5, 5.41) is 0. The fourth-order valence-corrected chi connectivity index (χ4v) is 3.52. The van der Waals surface area contributed by atoms with Gasteiger partial charge in [-0.3, -0.25) is 0 Å².